The van der Waals surface area contributed by atoms with E-state index < -0.39 is 6.10 Å². The number of benzene rings is 1. The van der Waals surface area contributed by atoms with Crippen LogP contribution in [0.5, 0.6) is 0 Å². The number of aliphatic hydroxyl groups excluding tert-OH is 1. The summed E-state index contributed by atoms with van der Waals surface area (Å²) in [6.07, 6.45) is 0.981. The van der Waals surface area contributed by atoms with Gasteiger partial charge in [-0.25, -0.2) is 0 Å². The standard InChI is InChI=1S/C9H9IO/c1-2-9(11)7-3-5-8(10)6-4-7/h2-6,9,11H,1H2. The van der Waals surface area contributed by atoms with Gasteiger partial charge in [0, 0.05) is 3.57 Å². The molecule has 1 aromatic rings. The Morgan fingerprint density at radius 3 is 2.36 bits per heavy atom. The lowest BCUT2D eigenvalue weighted by molar-refractivity contribution is 0.229. The minimum atomic E-state index is -0.535. The van der Waals surface area contributed by atoms with Crippen molar-refractivity contribution in [3.63, 3.8) is 0 Å². The van der Waals surface area contributed by atoms with Gasteiger partial charge in [0.15, 0.2) is 0 Å². The van der Waals surface area contributed by atoms with E-state index in [1.807, 2.05) is 24.3 Å². The van der Waals surface area contributed by atoms with Gasteiger partial charge in [-0.2, -0.15) is 0 Å². The molecule has 0 aliphatic heterocycles. The van der Waals surface area contributed by atoms with E-state index in [1.165, 1.54) is 9.65 Å². The van der Waals surface area contributed by atoms with Crippen LogP contribution in [-0.4, -0.2) is 5.11 Å². The van der Waals surface area contributed by atoms with Crippen LogP contribution in [0.2, 0.25) is 0 Å². The van der Waals surface area contributed by atoms with Crippen molar-refractivity contribution in [2.24, 2.45) is 0 Å². The van der Waals surface area contributed by atoms with E-state index in [4.69, 9.17) is 0 Å². The summed E-state index contributed by atoms with van der Waals surface area (Å²) in [4.78, 5) is 0. The Kier molecular flexibility index (Phi) is 3.08. The highest BCUT2D eigenvalue weighted by Gasteiger charge is 1.99. The smallest absolute Gasteiger partial charge is 0.0969 e. The monoisotopic (exact) mass is 260 g/mol. The Labute approximate surface area is 79.9 Å². The van der Waals surface area contributed by atoms with E-state index in [9.17, 15) is 5.11 Å². The van der Waals surface area contributed by atoms with Crippen molar-refractivity contribution in [3.05, 3.63) is 46.1 Å². The van der Waals surface area contributed by atoms with Crippen LogP contribution in [0.3, 0.4) is 0 Å². The molecular weight excluding hydrogens is 251 g/mol. The Morgan fingerprint density at radius 1 is 1.36 bits per heavy atom. The van der Waals surface area contributed by atoms with Gasteiger partial charge in [0.25, 0.3) is 0 Å². The first-order valence-corrected chi connectivity index (χ1v) is 4.38. The zero-order valence-electron chi connectivity index (χ0n) is 6.00. The zero-order valence-corrected chi connectivity index (χ0v) is 8.15. The molecule has 1 N–H and O–H groups in total. The molecule has 0 heterocycles. The molecule has 1 aromatic carbocycles. The summed E-state index contributed by atoms with van der Waals surface area (Å²) >= 11 is 2.22. The molecule has 0 amide bonds. The maximum absolute atomic E-state index is 9.30. The lowest BCUT2D eigenvalue weighted by Crippen LogP contribution is -1.91. The number of aliphatic hydroxyl groups is 1. The Balaban J connectivity index is 2.89. The molecule has 0 aliphatic carbocycles. The first-order valence-electron chi connectivity index (χ1n) is 3.30. The van der Waals surface area contributed by atoms with E-state index in [0.29, 0.717) is 0 Å². The van der Waals surface area contributed by atoms with Crippen molar-refractivity contribution in [3.8, 4) is 0 Å². The van der Waals surface area contributed by atoms with Crippen molar-refractivity contribution < 1.29 is 5.11 Å². The van der Waals surface area contributed by atoms with Gasteiger partial charge < -0.3 is 5.11 Å². The Hall–Kier alpha value is -0.350. The summed E-state index contributed by atoms with van der Waals surface area (Å²) in [5.41, 5.74) is 0.889. The summed E-state index contributed by atoms with van der Waals surface area (Å²) in [7, 11) is 0. The molecule has 1 unspecified atom stereocenters. The number of hydrogen-bond donors (Lipinski definition) is 1. The van der Waals surface area contributed by atoms with E-state index >= 15 is 0 Å². The molecule has 11 heavy (non-hydrogen) atoms. The third-order valence-corrected chi connectivity index (χ3v) is 2.15. The van der Waals surface area contributed by atoms with Crippen molar-refractivity contribution in [2.45, 2.75) is 6.10 Å². The molecule has 0 saturated carbocycles. The van der Waals surface area contributed by atoms with Gasteiger partial charge in [0.05, 0.1) is 6.10 Å². The highest BCUT2D eigenvalue weighted by molar-refractivity contribution is 14.1. The molecule has 58 valence electrons. The zero-order chi connectivity index (χ0) is 8.27. The fourth-order valence-corrected chi connectivity index (χ4v) is 1.16. The van der Waals surface area contributed by atoms with Crippen molar-refractivity contribution in [1.82, 2.24) is 0 Å². The third kappa shape index (κ3) is 2.31. The average Bonchev–Trinajstić information content (AvgIpc) is 2.05. The van der Waals surface area contributed by atoms with E-state index in [0.717, 1.165) is 5.56 Å². The molecule has 1 nitrogen and oxygen atoms in total. The molecular formula is C9H9IO. The minimum Gasteiger partial charge on any atom is -0.384 e. The lowest BCUT2D eigenvalue weighted by Gasteiger charge is -2.03. The van der Waals surface area contributed by atoms with Crippen molar-refractivity contribution >= 4 is 22.6 Å². The molecule has 1 rings (SSSR count). The Bertz CT molecular complexity index is 240. The van der Waals surface area contributed by atoms with E-state index in [-0.39, 0.29) is 0 Å². The minimum absolute atomic E-state index is 0.535. The largest absolute Gasteiger partial charge is 0.384 e. The SMILES string of the molecule is C=CC(O)c1ccc(I)cc1. The van der Waals surface area contributed by atoms with Gasteiger partial charge in [0.2, 0.25) is 0 Å². The summed E-state index contributed by atoms with van der Waals surface area (Å²) in [6, 6.07) is 7.72. The second-order valence-electron chi connectivity index (χ2n) is 2.23. The van der Waals surface area contributed by atoms with Crippen LogP contribution >= 0.6 is 22.6 Å². The highest BCUT2D eigenvalue weighted by Crippen LogP contribution is 2.14. The van der Waals surface area contributed by atoms with Crippen LogP contribution in [-0.2, 0) is 0 Å². The van der Waals surface area contributed by atoms with Gasteiger partial charge in [-0.15, -0.1) is 6.58 Å². The molecule has 0 aliphatic rings. The van der Waals surface area contributed by atoms with Crippen LogP contribution in [0, 0.1) is 3.57 Å². The van der Waals surface area contributed by atoms with Crippen LogP contribution < -0.4 is 0 Å². The number of hydrogen-bond acceptors (Lipinski definition) is 1. The third-order valence-electron chi connectivity index (χ3n) is 1.43. The van der Waals surface area contributed by atoms with Crippen LogP contribution in [0.1, 0.15) is 11.7 Å². The number of halogens is 1. The van der Waals surface area contributed by atoms with Gasteiger partial charge in [0.1, 0.15) is 0 Å². The maximum atomic E-state index is 9.30. The lowest BCUT2D eigenvalue weighted by atomic mass is 10.1. The topological polar surface area (TPSA) is 20.2 Å². The molecule has 0 aromatic heterocycles. The van der Waals surface area contributed by atoms with Crippen molar-refractivity contribution in [2.75, 3.05) is 0 Å². The van der Waals surface area contributed by atoms with E-state index in [2.05, 4.69) is 29.2 Å². The highest BCUT2D eigenvalue weighted by atomic mass is 127. The van der Waals surface area contributed by atoms with Crippen molar-refractivity contribution in [1.29, 1.82) is 0 Å². The van der Waals surface area contributed by atoms with Crippen LogP contribution in [0.4, 0.5) is 0 Å². The van der Waals surface area contributed by atoms with E-state index in [1.54, 1.807) is 0 Å². The Morgan fingerprint density at radius 2 is 1.91 bits per heavy atom. The average molecular weight is 260 g/mol. The predicted octanol–water partition coefficient (Wildman–Crippen LogP) is 2.51. The molecule has 0 fully saturated rings. The summed E-state index contributed by atoms with van der Waals surface area (Å²) in [5.74, 6) is 0. The first-order chi connectivity index (χ1) is 5.24. The van der Waals surface area contributed by atoms with Crippen LogP contribution in [0.15, 0.2) is 36.9 Å². The van der Waals surface area contributed by atoms with Crippen LogP contribution in [0.25, 0.3) is 0 Å². The maximum Gasteiger partial charge on any atom is 0.0969 e. The molecule has 1 atom stereocenters. The van der Waals surface area contributed by atoms with Gasteiger partial charge >= 0.3 is 0 Å². The summed E-state index contributed by atoms with van der Waals surface area (Å²) in [5, 5.41) is 9.30. The van der Waals surface area contributed by atoms with Gasteiger partial charge in [-0.05, 0) is 40.3 Å². The second kappa shape index (κ2) is 3.88. The molecule has 0 spiro atoms. The van der Waals surface area contributed by atoms with Gasteiger partial charge in [-0.3, -0.25) is 0 Å². The predicted molar refractivity (Wildman–Crippen MR) is 54.3 cm³/mol. The summed E-state index contributed by atoms with van der Waals surface area (Å²) in [6.45, 7) is 3.51. The second-order valence-corrected chi connectivity index (χ2v) is 3.48. The first kappa shape index (κ1) is 8.74. The fraction of sp³-hybridized carbons (Fsp3) is 0.111. The normalized spacial score (nSPS) is 12.5. The molecule has 0 radical (unpaired) electrons. The number of rotatable bonds is 2. The van der Waals surface area contributed by atoms with Gasteiger partial charge in [-0.1, -0.05) is 18.2 Å². The quantitative estimate of drug-likeness (QED) is 0.639. The summed E-state index contributed by atoms with van der Waals surface area (Å²) < 4.78 is 1.17. The molecule has 2 heteroatoms. The molecule has 0 bridgehead atoms. The fourth-order valence-electron chi connectivity index (χ4n) is 0.796. The molecule has 0 saturated heterocycles.